The Morgan fingerprint density at radius 1 is 0.654 bits per heavy atom. The summed E-state index contributed by atoms with van der Waals surface area (Å²) in [4.78, 5) is 0. The average molecular weight is 351 g/mol. The maximum atomic E-state index is 6.29. The number of unbranched alkanes of at least 4 members (excludes halogenated alkanes) is 2. The highest BCUT2D eigenvalue weighted by Crippen LogP contribution is 2.43. The first-order valence-electron chi connectivity index (χ1n) is 9.88. The summed E-state index contributed by atoms with van der Waals surface area (Å²) >= 11 is 0. The number of rotatable bonds is 8. The van der Waals surface area contributed by atoms with E-state index in [0.717, 1.165) is 71.9 Å². The van der Waals surface area contributed by atoms with E-state index in [1.165, 1.54) is 11.1 Å². The summed E-state index contributed by atoms with van der Waals surface area (Å²) in [7, 11) is 0. The summed E-state index contributed by atoms with van der Waals surface area (Å²) in [6.07, 6.45) is 4.39. The molecule has 0 radical (unpaired) electrons. The monoisotopic (exact) mass is 350 g/mol. The molecular formula is C24H30O2. The van der Waals surface area contributed by atoms with Gasteiger partial charge in [-0.3, -0.25) is 0 Å². The molecule has 0 aliphatic carbocycles. The summed E-state index contributed by atoms with van der Waals surface area (Å²) in [6, 6.07) is 13.0. The van der Waals surface area contributed by atoms with E-state index >= 15 is 0 Å². The minimum absolute atomic E-state index is 0.749. The van der Waals surface area contributed by atoms with Crippen LogP contribution in [0.1, 0.15) is 50.7 Å². The van der Waals surface area contributed by atoms with Gasteiger partial charge in [-0.05, 0) is 49.9 Å². The number of hydrogen-bond donors (Lipinski definition) is 0. The third-order valence-corrected chi connectivity index (χ3v) is 5.03. The second kappa shape index (κ2) is 8.44. The van der Waals surface area contributed by atoms with E-state index < -0.39 is 0 Å². The van der Waals surface area contributed by atoms with Crippen LogP contribution < -0.4 is 9.47 Å². The zero-order valence-corrected chi connectivity index (χ0v) is 16.5. The second-order valence-corrected chi connectivity index (χ2v) is 7.09. The lowest BCUT2D eigenvalue weighted by molar-refractivity contribution is 0.311. The highest BCUT2D eigenvalue weighted by Gasteiger charge is 2.17. The SMILES string of the molecule is CCCCOc1c2ccccc2c(OCCCC)c2cc(C)c(C)cc12. The Hall–Kier alpha value is -2.22. The Bertz CT molecular complexity index is 822. The Balaban J connectivity index is 2.26. The topological polar surface area (TPSA) is 18.5 Å². The highest BCUT2D eigenvalue weighted by molar-refractivity contribution is 6.11. The van der Waals surface area contributed by atoms with Gasteiger partial charge in [0.05, 0.1) is 13.2 Å². The number of benzene rings is 3. The third kappa shape index (κ3) is 3.65. The maximum absolute atomic E-state index is 6.29. The van der Waals surface area contributed by atoms with E-state index in [1.807, 2.05) is 0 Å². The molecule has 0 saturated carbocycles. The van der Waals surface area contributed by atoms with Gasteiger partial charge in [-0.25, -0.2) is 0 Å². The molecule has 0 fully saturated rings. The van der Waals surface area contributed by atoms with E-state index in [9.17, 15) is 0 Å². The normalized spacial score (nSPS) is 11.2. The van der Waals surface area contributed by atoms with Gasteiger partial charge in [0.1, 0.15) is 11.5 Å². The van der Waals surface area contributed by atoms with Crippen LogP contribution in [0, 0.1) is 13.8 Å². The van der Waals surface area contributed by atoms with Crippen molar-refractivity contribution in [3.8, 4) is 11.5 Å². The number of fused-ring (bicyclic) bond motifs is 2. The van der Waals surface area contributed by atoms with E-state index in [4.69, 9.17) is 9.47 Å². The number of hydrogen-bond acceptors (Lipinski definition) is 2. The van der Waals surface area contributed by atoms with Gasteiger partial charge >= 0.3 is 0 Å². The zero-order chi connectivity index (χ0) is 18.5. The van der Waals surface area contributed by atoms with Gasteiger partial charge in [0, 0.05) is 21.5 Å². The van der Waals surface area contributed by atoms with Gasteiger partial charge in [0.2, 0.25) is 0 Å². The van der Waals surface area contributed by atoms with Crippen molar-refractivity contribution < 1.29 is 9.47 Å². The van der Waals surface area contributed by atoms with Gasteiger partial charge in [-0.15, -0.1) is 0 Å². The molecule has 2 nitrogen and oxygen atoms in total. The Labute approximate surface area is 157 Å². The first kappa shape index (κ1) is 18.6. The van der Waals surface area contributed by atoms with Crippen molar-refractivity contribution in [3.05, 3.63) is 47.5 Å². The smallest absolute Gasteiger partial charge is 0.135 e. The molecule has 0 atom stereocenters. The molecule has 3 aromatic rings. The highest BCUT2D eigenvalue weighted by atomic mass is 16.5. The molecule has 0 aromatic heterocycles. The van der Waals surface area contributed by atoms with Crippen LogP contribution in [0.3, 0.4) is 0 Å². The van der Waals surface area contributed by atoms with E-state index in [1.54, 1.807) is 0 Å². The largest absolute Gasteiger partial charge is 0.492 e. The minimum Gasteiger partial charge on any atom is -0.492 e. The second-order valence-electron chi connectivity index (χ2n) is 7.09. The Kier molecular flexibility index (Phi) is 6.03. The van der Waals surface area contributed by atoms with Crippen molar-refractivity contribution in [3.63, 3.8) is 0 Å². The molecule has 0 N–H and O–H groups in total. The van der Waals surface area contributed by atoms with Crippen LogP contribution in [0.5, 0.6) is 11.5 Å². The van der Waals surface area contributed by atoms with Gasteiger partial charge in [0.15, 0.2) is 0 Å². The molecule has 0 saturated heterocycles. The fourth-order valence-corrected chi connectivity index (χ4v) is 3.31. The molecule has 0 heterocycles. The summed E-state index contributed by atoms with van der Waals surface area (Å²) in [5, 5.41) is 4.61. The molecule has 138 valence electrons. The lowest BCUT2D eigenvalue weighted by Crippen LogP contribution is -2.02. The third-order valence-electron chi connectivity index (χ3n) is 5.03. The fourth-order valence-electron chi connectivity index (χ4n) is 3.31. The van der Waals surface area contributed by atoms with Crippen LogP contribution in [0.25, 0.3) is 21.5 Å². The molecule has 26 heavy (non-hydrogen) atoms. The van der Waals surface area contributed by atoms with E-state index in [2.05, 4.69) is 64.1 Å². The van der Waals surface area contributed by atoms with Crippen LogP contribution in [0.2, 0.25) is 0 Å². The van der Waals surface area contributed by atoms with Gasteiger partial charge in [-0.1, -0.05) is 51.0 Å². The molecule has 0 aliphatic heterocycles. The van der Waals surface area contributed by atoms with Crippen molar-refractivity contribution in [1.29, 1.82) is 0 Å². The Morgan fingerprint density at radius 2 is 1.08 bits per heavy atom. The molecule has 3 aromatic carbocycles. The van der Waals surface area contributed by atoms with Crippen molar-refractivity contribution in [2.24, 2.45) is 0 Å². The number of aryl methyl sites for hydroxylation is 2. The summed E-state index contributed by atoms with van der Waals surface area (Å²) in [6.45, 7) is 10.2. The first-order chi connectivity index (χ1) is 12.7. The van der Waals surface area contributed by atoms with Crippen molar-refractivity contribution >= 4 is 21.5 Å². The van der Waals surface area contributed by atoms with Crippen LogP contribution >= 0.6 is 0 Å². The molecule has 0 unspecified atom stereocenters. The van der Waals surface area contributed by atoms with Crippen molar-refractivity contribution in [2.75, 3.05) is 13.2 Å². The minimum atomic E-state index is 0.749. The summed E-state index contributed by atoms with van der Waals surface area (Å²) in [5.74, 6) is 1.99. The lowest BCUT2D eigenvalue weighted by Gasteiger charge is -2.19. The lowest BCUT2D eigenvalue weighted by atomic mass is 9.96. The van der Waals surface area contributed by atoms with Crippen LogP contribution in [0.4, 0.5) is 0 Å². The molecule has 0 spiro atoms. The molecule has 0 aliphatic rings. The number of ether oxygens (including phenoxy) is 2. The van der Waals surface area contributed by atoms with Crippen LogP contribution in [-0.2, 0) is 0 Å². The molecular weight excluding hydrogens is 320 g/mol. The Morgan fingerprint density at radius 3 is 1.46 bits per heavy atom. The standard InChI is InChI=1S/C24H30O2/c1-5-7-13-25-23-19-11-9-10-12-20(19)24(26-14-8-6-2)22-16-18(4)17(3)15-21(22)23/h9-12,15-16H,5-8,13-14H2,1-4H3. The fraction of sp³-hybridized carbons (Fsp3) is 0.417. The van der Waals surface area contributed by atoms with E-state index in [0.29, 0.717) is 0 Å². The zero-order valence-electron chi connectivity index (χ0n) is 16.5. The van der Waals surface area contributed by atoms with E-state index in [-0.39, 0.29) is 0 Å². The predicted molar refractivity (Wildman–Crippen MR) is 112 cm³/mol. The molecule has 2 heteroatoms. The molecule has 0 bridgehead atoms. The molecule has 0 amide bonds. The first-order valence-corrected chi connectivity index (χ1v) is 9.88. The quantitative estimate of drug-likeness (QED) is 0.323. The average Bonchev–Trinajstić information content (AvgIpc) is 2.65. The van der Waals surface area contributed by atoms with Gasteiger partial charge in [-0.2, -0.15) is 0 Å². The van der Waals surface area contributed by atoms with Crippen molar-refractivity contribution in [2.45, 2.75) is 53.4 Å². The summed E-state index contributed by atoms with van der Waals surface area (Å²) < 4.78 is 12.6. The van der Waals surface area contributed by atoms with Gasteiger partial charge in [0.25, 0.3) is 0 Å². The van der Waals surface area contributed by atoms with Crippen LogP contribution in [0.15, 0.2) is 36.4 Å². The summed E-state index contributed by atoms with van der Waals surface area (Å²) in [5.41, 5.74) is 2.57. The van der Waals surface area contributed by atoms with Crippen molar-refractivity contribution in [1.82, 2.24) is 0 Å². The van der Waals surface area contributed by atoms with Crippen LogP contribution in [-0.4, -0.2) is 13.2 Å². The predicted octanol–water partition coefficient (Wildman–Crippen LogP) is 6.97. The van der Waals surface area contributed by atoms with Gasteiger partial charge < -0.3 is 9.47 Å². The molecule has 3 rings (SSSR count). The maximum Gasteiger partial charge on any atom is 0.135 e.